The Labute approximate surface area is 155 Å². The highest BCUT2D eigenvalue weighted by Gasteiger charge is 2.47. The molecule has 1 fully saturated rings. The summed E-state index contributed by atoms with van der Waals surface area (Å²) < 4.78 is 5.46. The Hall–Kier alpha value is -2.17. The van der Waals surface area contributed by atoms with Crippen LogP contribution in [0.25, 0.3) is 11.1 Å². The van der Waals surface area contributed by atoms with Crippen molar-refractivity contribution in [1.82, 2.24) is 4.90 Å². The topological polar surface area (TPSA) is 55.6 Å². The van der Waals surface area contributed by atoms with Crippen molar-refractivity contribution in [1.29, 1.82) is 0 Å². The second kappa shape index (κ2) is 6.86. The number of nitrogens with two attached hydrogens (primary N) is 1. The number of morpholine rings is 1. The number of benzene rings is 2. The number of fused-ring (bicyclic) bond motifs is 3. The highest BCUT2D eigenvalue weighted by molar-refractivity contribution is 5.99. The van der Waals surface area contributed by atoms with Crippen molar-refractivity contribution < 1.29 is 9.53 Å². The number of carbonyl (C=O) groups excluding carboxylic acids is 1. The molecular weight excluding hydrogens is 324 g/mol. The minimum atomic E-state index is -0.728. The van der Waals surface area contributed by atoms with E-state index in [2.05, 4.69) is 36.1 Å². The zero-order valence-electron chi connectivity index (χ0n) is 15.3. The van der Waals surface area contributed by atoms with Crippen molar-refractivity contribution in [3.05, 3.63) is 59.7 Å². The van der Waals surface area contributed by atoms with Crippen LogP contribution in [0.15, 0.2) is 48.5 Å². The van der Waals surface area contributed by atoms with Crippen LogP contribution in [0.2, 0.25) is 0 Å². The molecule has 136 valence electrons. The smallest absolute Gasteiger partial charge is 0.232 e. The molecule has 2 aromatic rings. The summed E-state index contributed by atoms with van der Waals surface area (Å²) in [6, 6.07) is 16.8. The molecule has 0 spiro atoms. The van der Waals surface area contributed by atoms with Crippen LogP contribution in [-0.4, -0.2) is 43.2 Å². The Morgan fingerprint density at radius 1 is 1.08 bits per heavy atom. The summed E-state index contributed by atoms with van der Waals surface area (Å²) in [4.78, 5) is 15.3. The zero-order valence-corrected chi connectivity index (χ0v) is 15.3. The molecule has 26 heavy (non-hydrogen) atoms. The van der Waals surface area contributed by atoms with Crippen LogP contribution >= 0.6 is 0 Å². The fraction of sp³-hybridized carbons (Fsp3) is 0.409. The van der Waals surface area contributed by atoms with Gasteiger partial charge in [-0.25, -0.2) is 0 Å². The lowest BCUT2D eigenvalue weighted by Crippen LogP contribution is -2.45. The minimum absolute atomic E-state index is 0.246. The third-order valence-corrected chi connectivity index (χ3v) is 6.09. The SMILES string of the molecule is CC(CCC1(C(N)=O)c2ccccc2-c2ccccc21)N1CCOCC1. The van der Waals surface area contributed by atoms with Crippen LogP contribution in [-0.2, 0) is 14.9 Å². The summed E-state index contributed by atoms with van der Waals surface area (Å²) >= 11 is 0. The molecule has 0 radical (unpaired) electrons. The van der Waals surface area contributed by atoms with Crippen molar-refractivity contribution >= 4 is 5.91 Å². The number of hydrogen-bond acceptors (Lipinski definition) is 3. The maximum atomic E-state index is 12.8. The van der Waals surface area contributed by atoms with Gasteiger partial charge in [0.1, 0.15) is 0 Å². The second-order valence-electron chi connectivity index (χ2n) is 7.40. The monoisotopic (exact) mass is 350 g/mol. The van der Waals surface area contributed by atoms with Gasteiger partial charge in [-0.2, -0.15) is 0 Å². The first-order chi connectivity index (χ1) is 12.6. The van der Waals surface area contributed by atoms with Gasteiger partial charge in [-0.05, 0) is 42.0 Å². The lowest BCUT2D eigenvalue weighted by atomic mass is 9.73. The number of hydrogen-bond donors (Lipinski definition) is 1. The van der Waals surface area contributed by atoms with Crippen LogP contribution in [0.4, 0.5) is 0 Å². The molecule has 4 rings (SSSR count). The van der Waals surface area contributed by atoms with Gasteiger partial charge in [-0.1, -0.05) is 48.5 Å². The molecule has 2 aliphatic rings. The van der Waals surface area contributed by atoms with Gasteiger partial charge in [0, 0.05) is 19.1 Å². The first kappa shape index (κ1) is 17.3. The third kappa shape index (κ3) is 2.65. The molecule has 1 amide bonds. The summed E-state index contributed by atoms with van der Waals surface area (Å²) in [6.45, 7) is 5.73. The Bertz CT molecular complexity index is 766. The summed E-state index contributed by atoms with van der Waals surface area (Å²) in [7, 11) is 0. The van der Waals surface area contributed by atoms with Gasteiger partial charge in [0.05, 0.1) is 18.6 Å². The van der Waals surface area contributed by atoms with Gasteiger partial charge >= 0.3 is 0 Å². The van der Waals surface area contributed by atoms with Gasteiger partial charge in [0.15, 0.2) is 0 Å². The lowest BCUT2D eigenvalue weighted by Gasteiger charge is -2.35. The van der Waals surface area contributed by atoms with Crippen molar-refractivity contribution in [2.75, 3.05) is 26.3 Å². The molecule has 1 aliphatic heterocycles. The van der Waals surface area contributed by atoms with Gasteiger partial charge < -0.3 is 10.5 Å². The van der Waals surface area contributed by atoms with Crippen LogP contribution in [0, 0.1) is 0 Å². The number of rotatable bonds is 5. The van der Waals surface area contributed by atoms with Gasteiger partial charge in [0.25, 0.3) is 0 Å². The molecule has 4 heteroatoms. The molecule has 1 heterocycles. The van der Waals surface area contributed by atoms with E-state index in [0.717, 1.165) is 61.4 Å². The first-order valence-corrected chi connectivity index (χ1v) is 9.45. The minimum Gasteiger partial charge on any atom is -0.379 e. The van der Waals surface area contributed by atoms with E-state index in [9.17, 15) is 4.79 Å². The molecule has 0 bridgehead atoms. The fourth-order valence-electron chi connectivity index (χ4n) is 4.61. The fourth-order valence-corrected chi connectivity index (χ4v) is 4.61. The lowest BCUT2D eigenvalue weighted by molar-refractivity contribution is -0.122. The highest BCUT2D eigenvalue weighted by atomic mass is 16.5. The van der Waals surface area contributed by atoms with E-state index in [-0.39, 0.29) is 5.91 Å². The Kier molecular flexibility index (Phi) is 4.55. The normalized spacial score (nSPS) is 19.6. The van der Waals surface area contributed by atoms with E-state index >= 15 is 0 Å². The Morgan fingerprint density at radius 2 is 1.62 bits per heavy atom. The molecule has 1 aliphatic carbocycles. The molecule has 2 N–H and O–H groups in total. The van der Waals surface area contributed by atoms with Crippen LogP contribution in [0.5, 0.6) is 0 Å². The standard InChI is InChI=1S/C22H26N2O2/c1-16(24-12-14-26-15-13-24)10-11-22(21(23)25)19-8-4-2-6-17(19)18-7-3-5-9-20(18)22/h2-9,16H,10-15H2,1H3,(H2,23,25). The Balaban J connectivity index is 1.69. The highest BCUT2D eigenvalue weighted by Crippen LogP contribution is 2.51. The number of carbonyl (C=O) groups is 1. The number of amides is 1. The average Bonchev–Trinajstić information content (AvgIpc) is 2.98. The maximum absolute atomic E-state index is 12.8. The Morgan fingerprint density at radius 3 is 2.15 bits per heavy atom. The van der Waals surface area contributed by atoms with Crippen molar-refractivity contribution in [3.8, 4) is 11.1 Å². The summed E-state index contributed by atoms with van der Waals surface area (Å²) in [5, 5.41) is 0. The number of nitrogens with zero attached hydrogens (tertiary/aromatic N) is 1. The van der Waals surface area contributed by atoms with E-state index in [0.29, 0.717) is 6.04 Å². The molecule has 1 unspecified atom stereocenters. The molecule has 0 saturated carbocycles. The second-order valence-corrected chi connectivity index (χ2v) is 7.40. The largest absolute Gasteiger partial charge is 0.379 e. The van der Waals surface area contributed by atoms with Gasteiger partial charge in [0.2, 0.25) is 5.91 Å². The third-order valence-electron chi connectivity index (χ3n) is 6.09. The van der Waals surface area contributed by atoms with E-state index in [1.165, 1.54) is 0 Å². The van der Waals surface area contributed by atoms with Crippen LogP contribution < -0.4 is 5.73 Å². The van der Waals surface area contributed by atoms with Crippen LogP contribution in [0.1, 0.15) is 30.9 Å². The molecular formula is C22H26N2O2. The predicted molar refractivity (Wildman–Crippen MR) is 103 cm³/mol. The zero-order chi connectivity index (χ0) is 18.1. The van der Waals surface area contributed by atoms with Crippen LogP contribution in [0.3, 0.4) is 0 Å². The van der Waals surface area contributed by atoms with E-state index in [1.54, 1.807) is 0 Å². The van der Waals surface area contributed by atoms with Crippen molar-refractivity contribution in [3.63, 3.8) is 0 Å². The quantitative estimate of drug-likeness (QED) is 0.902. The number of ether oxygens (including phenoxy) is 1. The van der Waals surface area contributed by atoms with Crippen molar-refractivity contribution in [2.24, 2.45) is 5.73 Å². The first-order valence-electron chi connectivity index (χ1n) is 9.45. The van der Waals surface area contributed by atoms with Gasteiger partial charge in [-0.15, -0.1) is 0 Å². The summed E-state index contributed by atoms with van der Waals surface area (Å²) in [5.74, 6) is -0.246. The van der Waals surface area contributed by atoms with Crippen molar-refractivity contribution in [2.45, 2.75) is 31.2 Å². The number of primary amides is 1. The van der Waals surface area contributed by atoms with E-state index < -0.39 is 5.41 Å². The molecule has 1 saturated heterocycles. The van der Waals surface area contributed by atoms with E-state index in [4.69, 9.17) is 10.5 Å². The molecule has 2 aromatic carbocycles. The maximum Gasteiger partial charge on any atom is 0.232 e. The average molecular weight is 350 g/mol. The van der Waals surface area contributed by atoms with Gasteiger partial charge in [-0.3, -0.25) is 9.69 Å². The van der Waals surface area contributed by atoms with E-state index in [1.807, 2.05) is 24.3 Å². The molecule has 4 nitrogen and oxygen atoms in total. The predicted octanol–water partition coefficient (Wildman–Crippen LogP) is 2.94. The summed E-state index contributed by atoms with van der Waals surface area (Å²) in [6.07, 6.45) is 1.65. The summed E-state index contributed by atoms with van der Waals surface area (Å²) in [5.41, 5.74) is 9.72. The molecule has 0 aromatic heterocycles. The molecule has 1 atom stereocenters.